The van der Waals surface area contributed by atoms with Crippen LogP contribution in [0.3, 0.4) is 0 Å². The van der Waals surface area contributed by atoms with Crippen LogP contribution in [0.4, 0.5) is 0 Å². The molecule has 0 amide bonds. The molecule has 0 aromatic heterocycles. The fraction of sp³-hybridized carbons (Fsp3) is 0.350. The fourth-order valence-corrected chi connectivity index (χ4v) is 3.68. The molecule has 1 aliphatic rings. The minimum Gasteiger partial charge on any atom is -0.490 e. The van der Waals surface area contributed by atoms with E-state index in [4.69, 9.17) is 24.7 Å². The van der Waals surface area contributed by atoms with E-state index in [1.165, 1.54) is 6.92 Å². The number of carbonyl (C=O) groups excluding carboxylic acids is 2. The summed E-state index contributed by atoms with van der Waals surface area (Å²) in [6.07, 6.45) is 0. The van der Waals surface area contributed by atoms with Crippen LogP contribution in [0.1, 0.15) is 39.2 Å². The smallest absolute Gasteiger partial charge is 0.338 e. The second-order valence-electron chi connectivity index (χ2n) is 5.97. The Kier molecular flexibility index (Phi) is 7.50. The average Bonchev–Trinajstić information content (AvgIpc) is 2.63. The van der Waals surface area contributed by atoms with Crippen molar-refractivity contribution in [1.82, 2.24) is 0 Å². The van der Waals surface area contributed by atoms with Gasteiger partial charge in [0.15, 0.2) is 11.5 Å². The second-order valence-corrected chi connectivity index (χ2v) is 7.13. The number of hydrogen-bond acceptors (Lipinski definition) is 8. The second kappa shape index (κ2) is 9.65. The van der Waals surface area contributed by atoms with Gasteiger partial charge in [0, 0.05) is 6.92 Å². The molecule has 154 valence electrons. The van der Waals surface area contributed by atoms with Crippen molar-refractivity contribution in [3.63, 3.8) is 0 Å². The molecule has 1 atom stereocenters. The van der Waals surface area contributed by atoms with Gasteiger partial charge in [-0.3, -0.25) is 4.79 Å². The molecule has 1 aromatic rings. The summed E-state index contributed by atoms with van der Waals surface area (Å²) in [5.74, 6) is -1.16. The molecule has 0 radical (unpaired) electrons. The molecule has 2 N–H and O–H groups in total. The first-order chi connectivity index (χ1) is 13.7. The average molecular weight is 512 g/mol. The topological polar surface area (TPSA) is 121 Å². The highest BCUT2D eigenvalue weighted by Crippen LogP contribution is 2.44. The van der Waals surface area contributed by atoms with Crippen LogP contribution >= 0.6 is 22.6 Å². The summed E-state index contributed by atoms with van der Waals surface area (Å²) in [6, 6.07) is 5.35. The Morgan fingerprint density at radius 2 is 2.00 bits per heavy atom. The van der Waals surface area contributed by atoms with Crippen molar-refractivity contribution in [3.05, 3.63) is 44.1 Å². The Hall–Kier alpha value is -2.74. The van der Waals surface area contributed by atoms with Gasteiger partial charge in [0.25, 0.3) is 0 Å². The van der Waals surface area contributed by atoms with Gasteiger partial charge in [-0.15, -0.1) is 0 Å². The third kappa shape index (κ3) is 4.82. The maximum absolute atomic E-state index is 12.6. The highest BCUT2D eigenvalue weighted by atomic mass is 127. The number of nitriles is 1. The van der Waals surface area contributed by atoms with Crippen LogP contribution in [0, 0.1) is 14.9 Å². The van der Waals surface area contributed by atoms with E-state index in [9.17, 15) is 14.9 Å². The molecular formula is C20H21IN2O6. The summed E-state index contributed by atoms with van der Waals surface area (Å²) >= 11 is 2.00. The quantitative estimate of drug-likeness (QED) is 0.351. The highest BCUT2D eigenvalue weighted by Gasteiger charge is 2.37. The van der Waals surface area contributed by atoms with Crippen molar-refractivity contribution < 1.29 is 28.5 Å². The van der Waals surface area contributed by atoms with Crippen LogP contribution in [0.15, 0.2) is 34.9 Å². The summed E-state index contributed by atoms with van der Waals surface area (Å²) in [6.45, 7) is 6.84. The lowest BCUT2D eigenvalue weighted by atomic mass is 9.83. The number of nitrogens with zero attached hydrogens (tertiary/aromatic N) is 1. The normalized spacial score (nSPS) is 16.1. The number of ether oxygens (including phenoxy) is 4. The maximum atomic E-state index is 12.6. The Morgan fingerprint density at radius 3 is 2.55 bits per heavy atom. The zero-order chi connectivity index (χ0) is 21.7. The summed E-state index contributed by atoms with van der Waals surface area (Å²) in [5, 5.41) is 9.68. The van der Waals surface area contributed by atoms with Crippen molar-refractivity contribution >= 4 is 34.5 Å². The predicted octanol–water partition coefficient (Wildman–Crippen LogP) is 3.26. The third-order valence-electron chi connectivity index (χ3n) is 4.01. The lowest BCUT2D eigenvalue weighted by molar-refractivity contribution is -0.139. The SMILES string of the molecule is CCOC(=O)C1=C(C)OC(N)=C(C#N)C1c1cc(I)c(OC(C)=O)c(OCC)c1. The molecular weight excluding hydrogens is 491 g/mol. The molecule has 0 saturated heterocycles. The van der Waals surface area contributed by atoms with Crippen LogP contribution in [0.2, 0.25) is 0 Å². The molecule has 29 heavy (non-hydrogen) atoms. The molecule has 1 aromatic carbocycles. The number of benzene rings is 1. The number of esters is 2. The van der Waals surface area contributed by atoms with Crippen molar-refractivity contribution in [2.24, 2.45) is 5.73 Å². The zero-order valence-corrected chi connectivity index (χ0v) is 18.7. The van der Waals surface area contributed by atoms with Gasteiger partial charge in [-0.2, -0.15) is 5.26 Å². The molecule has 0 fully saturated rings. The first kappa shape index (κ1) is 22.5. The maximum Gasteiger partial charge on any atom is 0.338 e. The van der Waals surface area contributed by atoms with Crippen LogP contribution < -0.4 is 15.2 Å². The molecule has 0 bridgehead atoms. The van der Waals surface area contributed by atoms with Gasteiger partial charge in [0.1, 0.15) is 17.4 Å². The highest BCUT2D eigenvalue weighted by molar-refractivity contribution is 14.1. The molecule has 0 aliphatic carbocycles. The first-order valence-electron chi connectivity index (χ1n) is 8.85. The summed E-state index contributed by atoms with van der Waals surface area (Å²) < 4.78 is 22.1. The zero-order valence-electron chi connectivity index (χ0n) is 16.5. The first-order valence-corrected chi connectivity index (χ1v) is 9.93. The number of carbonyl (C=O) groups is 2. The van der Waals surface area contributed by atoms with E-state index >= 15 is 0 Å². The number of halogens is 1. The van der Waals surface area contributed by atoms with Crippen molar-refractivity contribution in [2.45, 2.75) is 33.6 Å². The molecule has 1 aliphatic heterocycles. The van der Waals surface area contributed by atoms with Crippen molar-refractivity contribution in [2.75, 3.05) is 13.2 Å². The molecule has 8 nitrogen and oxygen atoms in total. The van der Waals surface area contributed by atoms with Crippen LogP contribution in [-0.4, -0.2) is 25.2 Å². The number of nitrogens with two attached hydrogens (primary N) is 1. The van der Waals surface area contributed by atoms with Crippen LogP contribution in [0.25, 0.3) is 0 Å². The molecule has 9 heteroatoms. The summed E-state index contributed by atoms with van der Waals surface area (Å²) in [4.78, 5) is 24.1. The van der Waals surface area contributed by atoms with Gasteiger partial charge in [-0.05, 0) is 61.1 Å². The Labute approximate surface area is 182 Å². The lowest BCUT2D eigenvalue weighted by Crippen LogP contribution is -2.25. The fourth-order valence-electron chi connectivity index (χ4n) is 2.95. The minimum absolute atomic E-state index is 0.0807. The number of allylic oxidation sites excluding steroid dienone is 2. The van der Waals surface area contributed by atoms with Crippen molar-refractivity contribution in [3.8, 4) is 17.6 Å². The van der Waals surface area contributed by atoms with Crippen LogP contribution in [-0.2, 0) is 19.1 Å². The standard InChI is InChI=1S/C20H21IN2O6/c1-5-26-15-8-12(7-14(21)18(15)29-11(4)24)17-13(9-22)19(23)28-10(3)16(17)20(25)27-6-2/h7-8,17H,5-6,23H2,1-4H3. The molecule has 1 heterocycles. The Balaban J connectivity index is 2.72. The monoisotopic (exact) mass is 512 g/mol. The summed E-state index contributed by atoms with van der Waals surface area (Å²) in [5.41, 5.74) is 6.73. The van der Waals surface area contributed by atoms with E-state index in [1.54, 1.807) is 32.9 Å². The number of rotatable bonds is 6. The van der Waals surface area contributed by atoms with E-state index in [0.29, 0.717) is 21.5 Å². The predicted molar refractivity (Wildman–Crippen MR) is 112 cm³/mol. The summed E-state index contributed by atoms with van der Waals surface area (Å²) in [7, 11) is 0. The van der Waals surface area contributed by atoms with Gasteiger partial charge >= 0.3 is 11.9 Å². The Bertz CT molecular complexity index is 945. The molecule has 1 unspecified atom stereocenters. The van der Waals surface area contributed by atoms with E-state index in [0.717, 1.165) is 0 Å². The van der Waals surface area contributed by atoms with Gasteiger partial charge in [0.2, 0.25) is 5.88 Å². The minimum atomic E-state index is -0.813. The van der Waals surface area contributed by atoms with Gasteiger partial charge in [-0.1, -0.05) is 0 Å². The van der Waals surface area contributed by atoms with Gasteiger partial charge < -0.3 is 24.7 Å². The molecule has 0 saturated carbocycles. The van der Waals surface area contributed by atoms with Crippen LogP contribution in [0.5, 0.6) is 11.5 Å². The number of hydrogen-bond donors (Lipinski definition) is 1. The third-order valence-corrected chi connectivity index (χ3v) is 4.81. The Morgan fingerprint density at radius 1 is 1.31 bits per heavy atom. The van der Waals surface area contributed by atoms with E-state index in [2.05, 4.69) is 0 Å². The van der Waals surface area contributed by atoms with E-state index in [-0.39, 0.29) is 35.1 Å². The van der Waals surface area contributed by atoms with E-state index in [1.807, 2.05) is 28.7 Å². The largest absolute Gasteiger partial charge is 0.490 e. The van der Waals surface area contributed by atoms with E-state index < -0.39 is 17.9 Å². The molecule has 0 spiro atoms. The lowest BCUT2D eigenvalue weighted by Gasteiger charge is -2.27. The molecule has 2 rings (SSSR count). The van der Waals surface area contributed by atoms with Crippen molar-refractivity contribution in [1.29, 1.82) is 5.26 Å². The van der Waals surface area contributed by atoms with Gasteiger partial charge in [-0.25, -0.2) is 4.79 Å². The van der Waals surface area contributed by atoms with Gasteiger partial charge in [0.05, 0.1) is 28.3 Å².